The van der Waals surface area contributed by atoms with Crippen LogP contribution >= 0.6 is 0 Å². The van der Waals surface area contributed by atoms with E-state index >= 15 is 0 Å². The first-order valence-electron chi connectivity index (χ1n) is 4.81. The summed E-state index contributed by atoms with van der Waals surface area (Å²) in [5.74, 6) is 0. The van der Waals surface area contributed by atoms with Gasteiger partial charge in [-0.1, -0.05) is 0 Å². The first-order valence-corrected chi connectivity index (χ1v) is 6.66. The molecule has 1 rings (SSSR count). The van der Waals surface area contributed by atoms with Crippen LogP contribution in [-0.4, -0.2) is 51.0 Å². The Kier molecular flexibility index (Phi) is 4.19. The lowest BCUT2D eigenvalue weighted by molar-refractivity contribution is -0.141. The molecule has 0 aromatic heterocycles. The van der Waals surface area contributed by atoms with Gasteiger partial charge in [-0.3, -0.25) is 0 Å². The number of rotatable bonds is 3. The molecule has 0 atom stereocenters. The van der Waals surface area contributed by atoms with Crippen LogP contribution in [0.1, 0.15) is 12.8 Å². The van der Waals surface area contributed by atoms with Gasteiger partial charge in [0.15, 0.2) is 0 Å². The van der Waals surface area contributed by atoms with E-state index in [0.29, 0.717) is 30.4 Å². The molecule has 0 unspecified atom stereocenters. The third-order valence-corrected chi connectivity index (χ3v) is 3.64. The van der Waals surface area contributed by atoms with Gasteiger partial charge in [0.05, 0.1) is 6.26 Å². The number of ether oxygens (including phenoxy) is 1. The van der Waals surface area contributed by atoms with Crippen LogP contribution in [0.15, 0.2) is 0 Å². The number of hydrogen-bond donors (Lipinski definition) is 0. The zero-order valence-electron chi connectivity index (χ0n) is 8.83. The smallest absolute Gasteiger partial charge is 0.381 e. The number of nitrogens with zero attached hydrogens (tertiary/aromatic N) is 1. The molecule has 0 spiro atoms. The van der Waals surface area contributed by atoms with Crippen LogP contribution in [0.4, 0.5) is 13.2 Å². The molecule has 1 aliphatic heterocycles. The molecule has 96 valence electrons. The molecule has 1 fully saturated rings. The lowest BCUT2D eigenvalue weighted by atomic mass is 10.1. The zero-order chi connectivity index (χ0) is 12.4. The van der Waals surface area contributed by atoms with Crippen LogP contribution in [-0.2, 0) is 14.8 Å². The molecular formula is C8H14F3NO3S. The predicted molar refractivity (Wildman–Crippen MR) is 51.4 cm³/mol. The van der Waals surface area contributed by atoms with Gasteiger partial charge in [0.1, 0.15) is 6.54 Å². The molecule has 0 aliphatic carbocycles. The van der Waals surface area contributed by atoms with E-state index in [9.17, 15) is 21.6 Å². The molecule has 4 nitrogen and oxygen atoms in total. The molecule has 0 aromatic carbocycles. The molecule has 1 saturated heterocycles. The summed E-state index contributed by atoms with van der Waals surface area (Å²) >= 11 is 0. The van der Waals surface area contributed by atoms with Crippen molar-refractivity contribution in [1.82, 2.24) is 4.31 Å². The van der Waals surface area contributed by atoms with Crippen LogP contribution in [0.25, 0.3) is 0 Å². The van der Waals surface area contributed by atoms with E-state index in [4.69, 9.17) is 4.74 Å². The SMILES string of the molecule is CS(=O)(=O)N(CC(F)(F)F)C1CCOCC1. The van der Waals surface area contributed by atoms with Crippen LogP contribution in [0, 0.1) is 0 Å². The minimum absolute atomic E-state index is 0.300. The van der Waals surface area contributed by atoms with Gasteiger partial charge in [0, 0.05) is 19.3 Å². The van der Waals surface area contributed by atoms with Gasteiger partial charge in [-0.05, 0) is 12.8 Å². The zero-order valence-corrected chi connectivity index (χ0v) is 9.64. The lowest BCUT2D eigenvalue weighted by Crippen LogP contribution is -2.47. The fraction of sp³-hybridized carbons (Fsp3) is 1.00. The maximum absolute atomic E-state index is 12.3. The van der Waals surface area contributed by atoms with Crippen molar-refractivity contribution < 1.29 is 26.3 Å². The predicted octanol–water partition coefficient (Wildman–Crippen LogP) is 0.989. The van der Waals surface area contributed by atoms with Gasteiger partial charge in [0.25, 0.3) is 0 Å². The topological polar surface area (TPSA) is 46.6 Å². The Balaban J connectivity index is 2.79. The maximum atomic E-state index is 12.3. The van der Waals surface area contributed by atoms with E-state index in [-0.39, 0.29) is 0 Å². The molecule has 0 aromatic rings. The summed E-state index contributed by atoms with van der Waals surface area (Å²) in [6.07, 6.45) is -3.10. The highest BCUT2D eigenvalue weighted by Gasteiger charge is 2.38. The second-order valence-corrected chi connectivity index (χ2v) is 5.70. The summed E-state index contributed by atoms with van der Waals surface area (Å²) in [7, 11) is -3.84. The van der Waals surface area contributed by atoms with E-state index in [1.54, 1.807) is 0 Å². The van der Waals surface area contributed by atoms with E-state index < -0.39 is 28.8 Å². The van der Waals surface area contributed by atoms with Crippen LogP contribution < -0.4 is 0 Å². The van der Waals surface area contributed by atoms with Crippen molar-refractivity contribution in [3.63, 3.8) is 0 Å². The minimum atomic E-state index is -4.51. The molecule has 16 heavy (non-hydrogen) atoms. The molecule has 1 heterocycles. The summed E-state index contributed by atoms with van der Waals surface area (Å²) in [4.78, 5) is 0. The Morgan fingerprint density at radius 1 is 1.31 bits per heavy atom. The lowest BCUT2D eigenvalue weighted by Gasteiger charge is -2.32. The highest BCUT2D eigenvalue weighted by Crippen LogP contribution is 2.24. The summed E-state index contributed by atoms with van der Waals surface area (Å²) in [6, 6.07) is -0.606. The number of alkyl halides is 3. The number of halogens is 3. The monoisotopic (exact) mass is 261 g/mol. The van der Waals surface area contributed by atoms with Crippen LogP contribution in [0.2, 0.25) is 0 Å². The molecule has 0 saturated carbocycles. The van der Waals surface area contributed by atoms with E-state index in [1.807, 2.05) is 0 Å². The van der Waals surface area contributed by atoms with Crippen molar-refractivity contribution in [2.75, 3.05) is 26.0 Å². The Morgan fingerprint density at radius 2 is 1.81 bits per heavy atom. The van der Waals surface area contributed by atoms with Gasteiger partial charge in [-0.15, -0.1) is 0 Å². The van der Waals surface area contributed by atoms with Crippen molar-refractivity contribution in [1.29, 1.82) is 0 Å². The molecule has 0 N–H and O–H groups in total. The summed E-state index contributed by atoms with van der Waals surface area (Å²) in [6.45, 7) is -0.820. The summed E-state index contributed by atoms with van der Waals surface area (Å²) in [5, 5.41) is 0. The largest absolute Gasteiger partial charge is 0.402 e. The van der Waals surface area contributed by atoms with Gasteiger partial charge in [0.2, 0.25) is 10.0 Å². The third kappa shape index (κ3) is 4.26. The maximum Gasteiger partial charge on any atom is 0.402 e. The van der Waals surface area contributed by atoms with Crippen molar-refractivity contribution in [2.45, 2.75) is 25.1 Å². The quantitative estimate of drug-likeness (QED) is 0.761. The molecule has 1 aliphatic rings. The van der Waals surface area contributed by atoms with Crippen molar-refractivity contribution in [2.24, 2.45) is 0 Å². The minimum Gasteiger partial charge on any atom is -0.381 e. The molecule has 0 bridgehead atoms. The normalized spacial score (nSPS) is 20.3. The van der Waals surface area contributed by atoms with Crippen LogP contribution in [0.3, 0.4) is 0 Å². The average Bonchev–Trinajstić information content (AvgIpc) is 2.13. The molecule has 0 radical (unpaired) electrons. The summed E-state index contributed by atoms with van der Waals surface area (Å²) in [5.41, 5.74) is 0. The number of sulfonamides is 1. The van der Waals surface area contributed by atoms with Crippen LogP contribution in [0.5, 0.6) is 0 Å². The molecular weight excluding hydrogens is 247 g/mol. The fourth-order valence-corrected chi connectivity index (χ4v) is 2.80. The van der Waals surface area contributed by atoms with E-state index in [2.05, 4.69) is 0 Å². The Bertz CT molecular complexity index is 322. The first-order chi connectivity index (χ1) is 7.20. The second-order valence-electron chi connectivity index (χ2n) is 3.77. The Hall–Kier alpha value is -0.340. The number of hydrogen-bond acceptors (Lipinski definition) is 3. The van der Waals surface area contributed by atoms with Gasteiger partial charge in [-0.2, -0.15) is 17.5 Å². The van der Waals surface area contributed by atoms with E-state index in [0.717, 1.165) is 6.26 Å². The Labute approximate surface area is 92.4 Å². The van der Waals surface area contributed by atoms with Gasteiger partial charge < -0.3 is 4.74 Å². The van der Waals surface area contributed by atoms with Crippen molar-refractivity contribution >= 4 is 10.0 Å². The second kappa shape index (κ2) is 4.89. The standard InChI is InChI=1S/C8H14F3NO3S/c1-16(13,14)12(6-8(9,10)11)7-2-4-15-5-3-7/h7H,2-6H2,1H3. The van der Waals surface area contributed by atoms with Crippen molar-refractivity contribution in [3.8, 4) is 0 Å². The van der Waals surface area contributed by atoms with E-state index in [1.165, 1.54) is 0 Å². The molecule has 0 amide bonds. The van der Waals surface area contributed by atoms with Gasteiger partial charge in [-0.25, -0.2) is 8.42 Å². The highest BCUT2D eigenvalue weighted by molar-refractivity contribution is 7.88. The highest BCUT2D eigenvalue weighted by atomic mass is 32.2. The van der Waals surface area contributed by atoms with Crippen molar-refractivity contribution in [3.05, 3.63) is 0 Å². The first kappa shape index (κ1) is 13.7. The molecule has 8 heteroatoms. The third-order valence-electron chi connectivity index (χ3n) is 2.36. The fourth-order valence-electron chi connectivity index (χ4n) is 1.67. The average molecular weight is 261 g/mol. The summed E-state index contributed by atoms with van der Waals surface area (Å²) < 4.78 is 64.9. The Morgan fingerprint density at radius 3 is 2.19 bits per heavy atom. The van der Waals surface area contributed by atoms with Gasteiger partial charge >= 0.3 is 6.18 Å².